The molecule has 0 spiro atoms. The molecule has 0 aliphatic heterocycles. The van der Waals surface area contributed by atoms with E-state index in [4.69, 9.17) is 23.2 Å². The smallest absolute Gasteiger partial charge is 0.243 e. The molecule has 0 fully saturated rings. The van der Waals surface area contributed by atoms with Crippen molar-refractivity contribution >= 4 is 38.9 Å². The molecule has 1 heterocycles. The second-order valence-electron chi connectivity index (χ2n) is 5.28. The van der Waals surface area contributed by atoms with E-state index in [0.717, 1.165) is 0 Å². The number of rotatable bonds is 6. The Morgan fingerprint density at radius 2 is 2.09 bits per heavy atom. The summed E-state index contributed by atoms with van der Waals surface area (Å²) >= 11 is 11.9. The zero-order valence-corrected chi connectivity index (χ0v) is 15.1. The summed E-state index contributed by atoms with van der Waals surface area (Å²) in [5.74, 6) is -0.410. The lowest BCUT2D eigenvalue weighted by Crippen LogP contribution is -2.24. The maximum Gasteiger partial charge on any atom is 0.243 e. The van der Waals surface area contributed by atoms with Crippen LogP contribution in [0.15, 0.2) is 24.8 Å². The maximum absolute atomic E-state index is 12.1. The van der Waals surface area contributed by atoms with Crippen molar-refractivity contribution in [3.05, 3.63) is 40.4 Å². The zero-order chi connectivity index (χ0) is 17.2. The molecule has 0 aliphatic rings. The second kappa shape index (κ2) is 6.98. The van der Waals surface area contributed by atoms with Gasteiger partial charge in [-0.1, -0.05) is 23.2 Å². The minimum Gasteiger partial charge on any atom is -0.504 e. The molecular formula is C14H18Cl2N3O3S+. The molecule has 0 saturated carbocycles. The number of benzene rings is 1. The number of sulfonamides is 1. The van der Waals surface area contributed by atoms with Crippen molar-refractivity contribution < 1.29 is 18.1 Å². The maximum atomic E-state index is 12.1. The fraction of sp³-hybridized carbons (Fsp3) is 0.357. The quantitative estimate of drug-likeness (QED) is 0.598. The molecule has 9 heteroatoms. The van der Waals surface area contributed by atoms with Crippen molar-refractivity contribution in [1.82, 2.24) is 4.57 Å². The first-order valence-corrected chi connectivity index (χ1v) is 9.29. The van der Waals surface area contributed by atoms with Crippen LogP contribution >= 0.6 is 23.2 Å². The fourth-order valence-electron chi connectivity index (χ4n) is 2.07. The molecule has 1 aromatic heterocycles. The third-order valence-electron chi connectivity index (χ3n) is 3.34. The Balaban J connectivity index is 2.04. The number of aromatic hydroxyl groups is 1. The summed E-state index contributed by atoms with van der Waals surface area (Å²) in [4.78, 5) is 0. The molecule has 2 aromatic rings. The zero-order valence-electron chi connectivity index (χ0n) is 12.8. The first-order chi connectivity index (χ1) is 10.7. The van der Waals surface area contributed by atoms with Gasteiger partial charge in [-0.05, 0) is 18.6 Å². The summed E-state index contributed by atoms with van der Waals surface area (Å²) < 4.78 is 30.4. The number of aryl methyl sites for hydroxylation is 2. The van der Waals surface area contributed by atoms with Gasteiger partial charge in [-0.25, -0.2) is 17.6 Å². The third-order valence-corrected chi connectivity index (χ3v) is 5.55. The number of anilines is 1. The van der Waals surface area contributed by atoms with E-state index in [9.17, 15) is 13.5 Å². The standard InChI is InChI=1S/C14H17Cl2N3O3S/c1-10-11(15)8-12(14(20)13(10)16)17-23(21,22)7-3-4-19-6-5-18(2)9-19/h5-6,8-9,17H,3-4,7H2,1-2H3/p+1. The van der Waals surface area contributed by atoms with Gasteiger partial charge in [0.2, 0.25) is 16.4 Å². The highest BCUT2D eigenvalue weighted by Crippen LogP contribution is 2.39. The molecule has 0 atom stereocenters. The summed E-state index contributed by atoms with van der Waals surface area (Å²) in [5, 5.41) is 10.3. The molecule has 0 amide bonds. The van der Waals surface area contributed by atoms with Gasteiger partial charge in [0.1, 0.15) is 12.4 Å². The van der Waals surface area contributed by atoms with Crippen LogP contribution in [0.1, 0.15) is 12.0 Å². The van der Waals surface area contributed by atoms with Crippen LogP contribution in [0.25, 0.3) is 0 Å². The van der Waals surface area contributed by atoms with Gasteiger partial charge in [0.15, 0.2) is 5.75 Å². The summed E-state index contributed by atoms with van der Waals surface area (Å²) in [6.07, 6.45) is 6.04. The van der Waals surface area contributed by atoms with E-state index in [1.807, 2.05) is 34.9 Å². The molecule has 1 aromatic carbocycles. The van der Waals surface area contributed by atoms with E-state index in [1.165, 1.54) is 6.07 Å². The molecule has 0 bridgehead atoms. The Morgan fingerprint density at radius 3 is 2.70 bits per heavy atom. The van der Waals surface area contributed by atoms with Crippen molar-refractivity contribution in [3.63, 3.8) is 0 Å². The van der Waals surface area contributed by atoms with Crippen LogP contribution in [-0.2, 0) is 23.6 Å². The number of phenolic OH excluding ortho intramolecular Hbond substituents is 1. The first-order valence-electron chi connectivity index (χ1n) is 6.88. The molecular weight excluding hydrogens is 361 g/mol. The van der Waals surface area contributed by atoms with Crippen molar-refractivity contribution in [2.45, 2.75) is 19.9 Å². The topological polar surface area (TPSA) is 75.2 Å². The van der Waals surface area contributed by atoms with Crippen LogP contribution in [0.4, 0.5) is 5.69 Å². The van der Waals surface area contributed by atoms with Gasteiger partial charge in [-0.3, -0.25) is 4.72 Å². The van der Waals surface area contributed by atoms with Gasteiger partial charge < -0.3 is 5.11 Å². The number of nitrogens with zero attached hydrogens (tertiary/aromatic N) is 2. The average Bonchev–Trinajstić information content (AvgIpc) is 2.87. The van der Waals surface area contributed by atoms with E-state index in [2.05, 4.69) is 4.72 Å². The molecule has 2 rings (SSSR count). The predicted octanol–water partition coefficient (Wildman–Crippen LogP) is 2.47. The highest BCUT2D eigenvalue weighted by Gasteiger charge is 2.18. The predicted molar refractivity (Wildman–Crippen MR) is 90.5 cm³/mol. The number of nitrogens with one attached hydrogen (secondary N) is 1. The van der Waals surface area contributed by atoms with Gasteiger partial charge in [0, 0.05) is 11.4 Å². The molecule has 0 saturated heterocycles. The molecule has 0 unspecified atom stereocenters. The highest BCUT2D eigenvalue weighted by molar-refractivity contribution is 7.92. The van der Waals surface area contributed by atoms with Gasteiger partial charge in [0.25, 0.3) is 0 Å². The number of hydrogen-bond donors (Lipinski definition) is 2. The van der Waals surface area contributed by atoms with Gasteiger partial charge in [-0.15, -0.1) is 0 Å². The van der Waals surface area contributed by atoms with Crippen molar-refractivity contribution in [2.75, 3.05) is 10.5 Å². The summed E-state index contributed by atoms with van der Waals surface area (Å²) in [7, 11) is -1.72. The van der Waals surface area contributed by atoms with E-state index in [0.29, 0.717) is 18.5 Å². The minimum atomic E-state index is -3.61. The van der Waals surface area contributed by atoms with E-state index in [-0.39, 0.29) is 27.2 Å². The Bertz CT molecular complexity index is 819. The summed E-state index contributed by atoms with van der Waals surface area (Å²) in [5.41, 5.74) is 0.479. The van der Waals surface area contributed by atoms with Crippen LogP contribution in [0, 0.1) is 6.92 Å². The largest absolute Gasteiger partial charge is 0.504 e. The van der Waals surface area contributed by atoms with Crippen LogP contribution in [0.2, 0.25) is 10.0 Å². The third kappa shape index (κ3) is 4.53. The SMILES string of the molecule is Cc1c(Cl)cc(NS(=O)(=O)CCCn2cc[n+](C)c2)c(O)c1Cl. The van der Waals surface area contributed by atoms with E-state index >= 15 is 0 Å². The molecule has 0 aliphatic carbocycles. The number of halogens is 2. The van der Waals surface area contributed by atoms with Gasteiger partial charge in [-0.2, -0.15) is 0 Å². The Kier molecular flexibility index (Phi) is 5.44. The van der Waals surface area contributed by atoms with Crippen LogP contribution < -0.4 is 9.29 Å². The summed E-state index contributed by atoms with van der Waals surface area (Å²) in [6.45, 7) is 2.21. The number of aromatic nitrogens is 2. The lowest BCUT2D eigenvalue weighted by Gasteiger charge is -2.12. The lowest BCUT2D eigenvalue weighted by molar-refractivity contribution is -0.671. The molecule has 2 N–H and O–H groups in total. The first kappa shape index (κ1) is 17.9. The Morgan fingerprint density at radius 1 is 1.39 bits per heavy atom. The average molecular weight is 379 g/mol. The minimum absolute atomic E-state index is 0.0158. The second-order valence-corrected chi connectivity index (χ2v) is 7.91. The van der Waals surface area contributed by atoms with Gasteiger partial charge >= 0.3 is 0 Å². The Labute approximate surface area is 145 Å². The highest BCUT2D eigenvalue weighted by atomic mass is 35.5. The van der Waals surface area contributed by atoms with Crippen LogP contribution in [0.3, 0.4) is 0 Å². The van der Waals surface area contributed by atoms with Crippen molar-refractivity contribution in [1.29, 1.82) is 0 Å². The molecule has 0 radical (unpaired) electrons. The van der Waals surface area contributed by atoms with Crippen LogP contribution in [-0.4, -0.2) is 23.8 Å². The fourth-order valence-corrected chi connectivity index (χ4v) is 3.63. The van der Waals surface area contributed by atoms with E-state index < -0.39 is 10.0 Å². The summed E-state index contributed by atoms with van der Waals surface area (Å²) in [6, 6.07) is 1.35. The van der Waals surface area contributed by atoms with E-state index in [1.54, 1.807) is 6.92 Å². The Hall–Kier alpha value is -1.44. The number of imidazole rings is 1. The lowest BCUT2D eigenvalue weighted by atomic mass is 10.2. The molecule has 23 heavy (non-hydrogen) atoms. The van der Waals surface area contributed by atoms with Crippen molar-refractivity contribution in [3.8, 4) is 5.75 Å². The van der Waals surface area contributed by atoms with Crippen molar-refractivity contribution in [2.24, 2.45) is 7.05 Å². The van der Waals surface area contributed by atoms with Crippen LogP contribution in [0.5, 0.6) is 5.75 Å². The number of hydrogen-bond acceptors (Lipinski definition) is 3. The number of phenols is 1. The monoisotopic (exact) mass is 378 g/mol. The molecule has 126 valence electrons. The van der Waals surface area contributed by atoms with Gasteiger partial charge in [0.05, 0.1) is 30.1 Å². The normalized spacial score (nSPS) is 11.7. The molecule has 6 nitrogen and oxygen atoms in total.